The number of hydrogen-bond acceptors (Lipinski definition) is 3. The van der Waals surface area contributed by atoms with E-state index in [2.05, 4.69) is 17.2 Å². The molecule has 1 rings (SSSR count). The van der Waals surface area contributed by atoms with Crippen LogP contribution < -0.4 is 5.32 Å². The standard InChI is InChI=1S/C14H18N2O2/c1-11-6-7-12(5-4-8-17)13(9-11)15-14(18)10-16(2)3/h6-7,9,17H,8,10H2,1-3H3,(H,15,18). The van der Waals surface area contributed by atoms with Crippen LogP contribution in [0.15, 0.2) is 18.2 Å². The van der Waals surface area contributed by atoms with Crippen LogP contribution in [0.3, 0.4) is 0 Å². The van der Waals surface area contributed by atoms with Crippen LogP contribution in [0.5, 0.6) is 0 Å². The zero-order valence-electron chi connectivity index (χ0n) is 10.9. The van der Waals surface area contributed by atoms with Gasteiger partial charge in [0.2, 0.25) is 5.91 Å². The molecule has 0 bridgehead atoms. The van der Waals surface area contributed by atoms with Gasteiger partial charge in [0.1, 0.15) is 6.61 Å². The van der Waals surface area contributed by atoms with Crippen molar-refractivity contribution in [1.29, 1.82) is 0 Å². The van der Waals surface area contributed by atoms with Gasteiger partial charge in [0.15, 0.2) is 0 Å². The quantitative estimate of drug-likeness (QED) is 0.777. The second kappa shape index (κ2) is 6.80. The smallest absolute Gasteiger partial charge is 0.238 e. The summed E-state index contributed by atoms with van der Waals surface area (Å²) in [5.41, 5.74) is 2.44. The van der Waals surface area contributed by atoms with Gasteiger partial charge in [0.25, 0.3) is 0 Å². The van der Waals surface area contributed by atoms with Crippen molar-refractivity contribution in [1.82, 2.24) is 4.90 Å². The summed E-state index contributed by atoms with van der Waals surface area (Å²) in [6.45, 7) is 2.07. The lowest BCUT2D eigenvalue weighted by Gasteiger charge is -2.12. The fraction of sp³-hybridized carbons (Fsp3) is 0.357. The van der Waals surface area contributed by atoms with Crippen LogP contribution in [0.25, 0.3) is 0 Å². The Morgan fingerprint density at radius 1 is 1.44 bits per heavy atom. The molecule has 0 atom stereocenters. The summed E-state index contributed by atoms with van der Waals surface area (Å²) in [6.07, 6.45) is 0. The second-order valence-corrected chi connectivity index (χ2v) is 4.29. The zero-order valence-corrected chi connectivity index (χ0v) is 10.9. The lowest BCUT2D eigenvalue weighted by atomic mass is 10.1. The maximum atomic E-state index is 11.7. The summed E-state index contributed by atoms with van der Waals surface area (Å²) in [7, 11) is 3.67. The molecule has 0 unspecified atom stereocenters. The molecule has 1 aromatic carbocycles. The number of amides is 1. The Kier molecular flexibility index (Phi) is 5.37. The van der Waals surface area contributed by atoms with E-state index in [1.807, 2.05) is 39.2 Å². The van der Waals surface area contributed by atoms with Gasteiger partial charge in [-0.25, -0.2) is 0 Å². The summed E-state index contributed by atoms with van der Waals surface area (Å²) in [5, 5.41) is 11.5. The Hall–Kier alpha value is -1.83. The first-order chi connectivity index (χ1) is 8.52. The minimum absolute atomic E-state index is 0.0855. The van der Waals surface area contributed by atoms with Gasteiger partial charge in [0.05, 0.1) is 12.2 Å². The topological polar surface area (TPSA) is 52.6 Å². The van der Waals surface area contributed by atoms with Gasteiger partial charge in [-0.2, -0.15) is 0 Å². The molecule has 0 heterocycles. The molecule has 4 nitrogen and oxygen atoms in total. The number of benzene rings is 1. The van der Waals surface area contributed by atoms with Crippen molar-refractivity contribution in [2.24, 2.45) is 0 Å². The van der Waals surface area contributed by atoms with Crippen LogP contribution in [0.1, 0.15) is 11.1 Å². The predicted octanol–water partition coefficient (Wildman–Crippen LogP) is 0.839. The molecule has 18 heavy (non-hydrogen) atoms. The molecule has 0 aliphatic rings. The van der Waals surface area contributed by atoms with E-state index in [4.69, 9.17) is 5.11 Å². The molecule has 0 radical (unpaired) electrons. The van der Waals surface area contributed by atoms with E-state index in [9.17, 15) is 4.79 Å². The summed E-state index contributed by atoms with van der Waals surface area (Å²) >= 11 is 0. The molecular weight excluding hydrogens is 228 g/mol. The number of rotatable bonds is 3. The highest BCUT2D eigenvalue weighted by Gasteiger charge is 2.06. The van der Waals surface area contributed by atoms with Gasteiger partial charge >= 0.3 is 0 Å². The molecule has 0 aromatic heterocycles. The third kappa shape index (κ3) is 4.58. The minimum atomic E-state index is -0.195. The van der Waals surface area contributed by atoms with E-state index in [1.165, 1.54) is 0 Å². The maximum Gasteiger partial charge on any atom is 0.238 e. The summed E-state index contributed by atoms with van der Waals surface area (Å²) < 4.78 is 0. The van der Waals surface area contributed by atoms with Crippen molar-refractivity contribution in [3.05, 3.63) is 29.3 Å². The van der Waals surface area contributed by atoms with Crippen molar-refractivity contribution in [2.75, 3.05) is 32.6 Å². The second-order valence-electron chi connectivity index (χ2n) is 4.29. The lowest BCUT2D eigenvalue weighted by molar-refractivity contribution is -0.116. The van der Waals surface area contributed by atoms with Gasteiger partial charge < -0.3 is 15.3 Å². The van der Waals surface area contributed by atoms with Crippen molar-refractivity contribution in [3.63, 3.8) is 0 Å². The number of aryl methyl sites for hydroxylation is 1. The van der Waals surface area contributed by atoms with E-state index >= 15 is 0 Å². The summed E-state index contributed by atoms with van der Waals surface area (Å²) in [6, 6.07) is 5.63. The molecular formula is C14H18N2O2. The fourth-order valence-electron chi connectivity index (χ4n) is 1.48. The molecule has 0 fully saturated rings. The number of anilines is 1. The van der Waals surface area contributed by atoms with Crippen LogP contribution in [0.2, 0.25) is 0 Å². The monoisotopic (exact) mass is 246 g/mol. The fourth-order valence-corrected chi connectivity index (χ4v) is 1.48. The molecule has 0 spiro atoms. The number of aliphatic hydroxyl groups excluding tert-OH is 1. The van der Waals surface area contributed by atoms with Gasteiger partial charge in [-0.05, 0) is 38.7 Å². The van der Waals surface area contributed by atoms with E-state index in [1.54, 1.807) is 4.90 Å². The van der Waals surface area contributed by atoms with Crippen LogP contribution in [0, 0.1) is 18.8 Å². The average molecular weight is 246 g/mol. The molecule has 1 aromatic rings. The number of likely N-dealkylation sites (N-methyl/N-ethyl adjacent to an activating group) is 1. The van der Waals surface area contributed by atoms with Crippen molar-refractivity contribution >= 4 is 11.6 Å². The van der Waals surface area contributed by atoms with Crippen LogP contribution in [0.4, 0.5) is 5.69 Å². The molecule has 0 aliphatic heterocycles. The minimum Gasteiger partial charge on any atom is -0.384 e. The highest BCUT2D eigenvalue weighted by Crippen LogP contribution is 2.16. The largest absolute Gasteiger partial charge is 0.384 e. The number of nitrogens with one attached hydrogen (secondary N) is 1. The van der Waals surface area contributed by atoms with Crippen molar-refractivity contribution in [3.8, 4) is 11.8 Å². The van der Waals surface area contributed by atoms with Crippen LogP contribution in [-0.2, 0) is 4.79 Å². The maximum absolute atomic E-state index is 11.7. The predicted molar refractivity (Wildman–Crippen MR) is 72.3 cm³/mol. The molecule has 0 aliphatic carbocycles. The first kappa shape index (κ1) is 14.2. The summed E-state index contributed by atoms with van der Waals surface area (Å²) in [5.74, 6) is 5.32. The van der Waals surface area contributed by atoms with E-state index in [0.717, 1.165) is 5.56 Å². The Bertz CT molecular complexity index is 484. The normalized spacial score (nSPS) is 9.83. The number of carbonyl (C=O) groups excluding carboxylic acids is 1. The average Bonchev–Trinajstić information content (AvgIpc) is 2.26. The highest BCUT2D eigenvalue weighted by molar-refractivity contribution is 5.93. The van der Waals surface area contributed by atoms with Gasteiger partial charge in [0, 0.05) is 5.56 Å². The first-order valence-electron chi connectivity index (χ1n) is 5.68. The van der Waals surface area contributed by atoms with Crippen molar-refractivity contribution < 1.29 is 9.90 Å². The Morgan fingerprint density at radius 2 is 2.17 bits per heavy atom. The number of hydrogen-bond donors (Lipinski definition) is 2. The number of nitrogens with zero attached hydrogens (tertiary/aromatic N) is 1. The van der Waals surface area contributed by atoms with Crippen molar-refractivity contribution in [2.45, 2.75) is 6.92 Å². The zero-order chi connectivity index (χ0) is 13.5. The molecule has 0 saturated carbocycles. The van der Waals surface area contributed by atoms with E-state index in [-0.39, 0.29) is 12.5 Å². The highest BCUT2D eigenvalue weighted by atomic mass is 16.2. The number of carbonyl (C=O) groups is 1. The van der Waals surface area contributed by atoms with Gasteiger partial charge in [-0.1, -0.05) is 17.9 Å². The Labute approximate surface area is 108 Å². The SMILES string of the molecule is Cc1ccc(C#CCO)c(NC(=O)CN(C)C)c1. The van der Waals surface area contributed by atoms with Gasteiger partial charge in [-0.15, -0.1) is 0 Å². The summed E-state index contributed by atoms with van der Waals surface area (Å²) in [4.78, 5) is 13.5. The molecule has 96 valence electrons. The molecule has 1 amide bonds. The van der Waals surface area contributed by atoms with E-state index in [0.29, 0.717) is 17.8 Å². The van der Waals surface area contributed by atoms with Crippen LogP contribution >= 0.6 is 0 Å². The third-order valence-corrected chi connectivity index (χ3v) is 2.21. The lowest BCUT2D eigenvalue weighted by Crippen LogP contribution is -2.27. The molecule has 0 saturated heterocycles. The first-order valence-corrected chi connectivity index (χ1v) is 5.68. The molecule has 4 heteroatoms. The van der Waals surface area contributed by atoms with E-state index < -0.39 is 0 Å². The third-order valence-electron chi connectivity index (χ3n) is 2.21. The van der Waals surface area contributed by atoms with Crippen LogP contribution in [-0.4, -0.2) is 43.2 Å². The number of aliphatic hydroxyl groups is 1. The van der Waals surface area contributed by atoms with Gasteiger partial charge in [-0.3, -0.25) is 4.79 Å². The Morgan fingerprint density at radius 3 is 2.78 bits per heavy atom. The Balaban J connectivity index is 2.92. The molecule has 2 N–H and O–H groups in total.